The number of amides is 1. The second kappa shape index (κ2) is 6.89. The van der Waals surface area contributed by atoms with Gasteiger partial charge in [0, 0.05) is 6.04 Å². The molecular formula is C17H26N2O. The fourth-order valence-electron chi connectivity index (χ4n) is 2.70. The summed E-state index contributed by atoms with van der Waals surface area (Å²) in [7, 11) is 0. The largest absolute Gasteiger partial charge is 0.348 e. The Morgan fingerprint density at radius 2 is 1.85 bits per heavy atom. The minimum Gasteiger partial charge on any atom is -0.348 e. The highest BCUT2D eigenvalue weighted by atomic mass is 16.1. The van der Waals surface area contributed by atoms with E-state index in [0.717, 1.165) is 0 Å². The molecule has 0 bridgehead atoms. The number of benzene rings is 1. The van der Waals surface area contributed by atoms with Gasteiger partial charge in [0.1, 0.15) is 0 Å². The van der Waals surface area contributed by atoms with Gasteiger partial charge in [-0.1, -0.05) is 32.0 Å². The van der Waals surface area contributed by atoms with E-state index < -0.39 is 0 Å². The number of fused-ring (bicyclic) bond motifs is 1. The van der Waals surface area contributed by atoms with Gasteiger partial charge in [-0.15, -0.1) is 0 Å². The molecule has 0 heterocycles. The van der Waals surface area contributed by atoms with Crippen LogP contribution in [0.3, 0.4) is 0 Å². The number of aryl methyl sites for hydroxylation is 2. The number of carbonyl (C=O) groups excluding carboxylic acids is 1. The molecule has 0 fully saturated rings. The van der Waals surface area contributed by atoms with Crippen molar-refractivity contribution in [1.82, 2.24) is 10.6 Å². The Morgan fingerprint density at radius 3 is 2.55 bits per heavy atom. The van der Waals surface area contributed by atoms with Crippen molar-refractivity contribution in [3.63, 3.8) is 0 Å². The van der Waals surface area contributed by atoms with Crippen LogP contribution in [0, 0.1) is 0 Å². The molecule has 1 aromatic rings. The lowest BCUT2D eigenvalue weighted by Gasteiger charge is -2.20. The first kappa shape index (κ1) is 15.0. The van der Waals surface area contributed by atoms with Crippen LogP contribution in [0.4, 0.5) is 0 Å². The zero-order chi connectivity index (χ0) is 14.5. The highest BCUT2D eigenvalue weighted by Crippen LogP contribution is 2.24. The van der Waals surface area contributed by atoms with Crippen LogP contribution in [0.1, 0.15) is 56.3 Å². The summed E-state index contributed by atoms with van der Waals surface area (Å²) in [6, 6.07) is 7.07. The molecule has 2 N–H and O–H groups in total. The van der Waals surface area contributed by atoms with Gasteiger partial charge in [-0.05, 0) is 49.3 Å². The van der Waals surface area contributed by atoms with Gasteiger partial charge in [0.2, 0.25) is 5.91 Å². The third-order valence-corrected chi connectivity index (χ3v) is 3.92. The minimum atomic E-state index is 0.0592. The van der Waals surface area contributed by atoms with Crippen molar-refractivity contribution in [2.75, 3.05) is 6.54 Å². The highest BCUT2D eigenvalue weighted by molar-refractivity contribution is 5.78. The van der Waals surface area contributed by atoms with Gasteiger partial charge in [0.25, 0.3) is 0 Å². The molecule has 1 amide bonds. The zero-order valence-corrected chi connectivity index (χ0v) is 12.8. The SMILES string of the molecule is CC(C)NCC(=O)NC(C)c1ccc2c(c1)CCCC2. The molecule has 3 nitrogen and oxygen atoms in total. The summed E-state index contributed by atoms with van der Waals surface area (Å²) in [6.07, 6.45) is 4.97. The van der Waals surface area contributed by atoms with Crippen LogP contribution >= 0.6 is 0 Å². The molecule has 1 atom stereocenters. The topological polar surface area (TPSA) is 41.1 Å². The molecule has 110 valence electrons. The Morgan fingerprint density at radius 1 is 1.15 bits per heavy atom. The monoisotopic (exact) mass is 274 g/mol. The van der Waals surface area contributed by atoms with Crippen LogP contribution in [0.25, 0.3) is 0 Å². The average molecular weight is 274 g/mol. The fraction of sp³-hybridized carbons (Fsp3) is 0.588. The van der Waals surface area contributed by atoms with Crippen LogP contribution in [0.5, 0.6) is 0 Å². The van der Waals surface area contributed by atoms with Crippen molar-refractivity contribution in [3.05, 3.63) is 34.9 Å². The van der Waals surface area contributed by atoms with E-state index in [-0.39, 0.29) is 11.9 Å². The maximum atomic E-state index is 11.8. The molecule has 0 spiro atoms. The number of hydrogen-bond acceptors (Lipinski definition) is 2. The molecule has 1 unspecified atom stereocenters. The Bertz CT molecular complexity index is 468. The summed E-state index contributed by atoms with van der Waals surface area (Å²) in [6.45, 7) is 6.52. The molecule has 0 saturated carbocycles. The van der Waals surface area contributed by atoms with E-state index in [2.05, 4.69) is 35.8 Å². The van der Waals surface area contributed by atoms with E-state index in [1.165, 1.54) is 42.4 Å². The fourth-order valence-corrected chi connectivity index (χ4v) is 2.70. The van der Waals surface area contributed by atoms with Crippen LogP contribution < -0.4 is 10.6 Å². The van der Waals surface area contributed by atoms with Crippen LogP contribution in [0.15, 0.2) is 18.2 Å². The van der Waals surface area contributed by atoms with E-state index in [1.54, 1.807) is 0 Å². The summed E-state index contributed by atoms with van der Waals surface area (Å²) < 4.78 is 0. The van der Waals surface area contributed by atoms with E-state index >= 15 is 0 Å². The van der Waals surface area contributed by atoms with E-state index in [4.69, 9.17) is 0 Å². The van der Waals surface area contributed by atoms with Gasteiger partial charge in [-0.25, -0.2) is 0 Å². The molecule has 0 aromatic heterocycles. The Labute approximate surface area is 122 Å². The molecule has 3 heteroatoms. The van der Waals surface area contributed by atoms with Gasteiger partial charge < -0.3 is 10.6 Å². The molecule has 1 aromatic carbocycles. The summed E-state index contributed by atoms with van der Waals surface area (Å²) >= 11 is 0. The third kappa shape index (κ3) is 4.07. The first-order chi connectivity index (χ1) is 9.56. The predicted octanol–water partition coefficient (Wildman–Crippen LogP) is 2.74. The van der Waals surface area contributed by atoms with Gasteiger partial charge in [0.05, 0.1) is 12.6 Å². The lowest BCUT2D eigenvalue weighted by molar-refractivity contribution is -0.121. The van der Waals surface area contributed by atoms with Crippen molar-refractivity contribution < 1.29 is 4.79 Å². The molecule has 20 heavy (non-hydrogen) atoms. The van der Waals surface area contributed by atoms with Crippen molar-refractivity contribution in [3.8, 4) is 0 Å². The molecule has 0 radical (unpaired) electrons. The highest BCUT2D eigenvalue weighted by Gasteiger charge is 2.14. The molecule has 2 rings (SSSR count). The first-order valence-electron chi connectivity index (χ1n) is 7.70. The van der Waals surface area contributed by atoms with E-state index in [1.807, 2.05) is 13.8 Å². The summed E-state index contributed by atoms with van der Waals surface area (Å²) in [4.78, 5) is 11.8. The third-order valence-electron chi connectivity index (χ3n) is 3.92. The molecule has 1 aliphatic carbocycles. The van der Waals surface area contributed by atoms with Crippen LogP contribution in [-0.4, -0.2) is 18.5 Å². The summed E-state index contributed by atoms with van der Waals surface area (Å²) in [5.74, 6) is 0.0592. The molecule has 0 saturated heterocycles. The second-order valence-corrected chi connectivity index (χ2v) is 6.06. The van der Waals surface area contributed by atoms with Crippen LogP contribution in [-0.2, 0) is 17.6 Å². The smallest absolute Gasteiger partial charge is 0.234 e. The number of rotatable bonds is 5. The molecule has 1 aliphatic rings. The quantitative estimate of drug-likeness (QED) is 0.867. The minimum absolute atomic E-state index is 0.0592. The van der Waals surface area contributed by atoms with Crippen molar-refractivity contribution in [2.45, 2.75) is 58.5 Å². The summed E-state index contributed by atoms with van der Waals surface area (Å²) in [5.41, 5.74) is 4.17. The number of nitrogens with one attached hydrogen (secondary N) is 2. The lowest BCUT2D eigenvalue weighted by atomic mass is 9.89. The van der Waals surface area contributed by atoms with Crippen molar-refractivity contribution in [1.29, 1.82) is 0 Å². The van der Waals surface area contributed by atoms with Gasteiger partial charge in [0.15, 0.2) is 0 Å². The van der Waals surface area contributed by atoms with Crippen molar-refractivity contribution in [2.24, 2.45) is 0 Å². The average Bonchev–Trinajstić information content (AvgIpc) is 2.44. The van der Waals surface area contributed by atoms with E-state index in [9.17, 15) is 4.79 Å². The lowest BCUT2D eigenvalue weighted by Crippen LogP contribution is -2.38. The van der Waals surface area contributed by atoms with Crippen LogP contribution in [0.2, 0.25) is 0 Å². The normalized spacial score (nSPS) is 15.8. The first-order valence-corrected chi connectivity index (χ1v) is 7.70. The molecular weight excluding hydrogens is 248 g/mol. The maximum absolute atomic E-state index is 11.8. The Balaban J connectivity index is 1.95. The van der Waals surface area contributed by atoms with Crippen molar-refractivity contribution >= 4 is 5.91 Å². The standard InChI is InChI=1S/C17H26N2O/c1-12(2)18-11-17(20)19-13(3)15-9-8-14-6-4-5-7-16(14)10-15/h8-10,12-13,18H,4-7,11H2,1-3H3,(H,19,20). The van der Waals surface area contributed by atoms with Gasteiger partial charge in [-0.2, -0.15) is 0 Å². The second-order valence-electron chi connectivity index (χ2n) is 6.06. The molecule has 0 aliphatic heterocycles. The van der Waals surface area contributed by atoms with Gasteiger partial charge >= 0.3 is 0 Å². The maximum Gasteiger partial charge on any atom is 0.234 e. The summed E-state index contributed by atoms with van der Waals surface area (Å²) in [5, 5.41) is 6.20. The Hall–Kier alpha value is -1.35. The number of carbonyl (C=O) groups is 1. The Kier molecular flexibility index (Phi) is 5.18. The predicted molar refractivity (Wildman–Crippen MR) is 82.8 cm³/mol. The van der Waals surface area contributed by atoms with E-state index in [0.29, 0.717) is 12.6 Å². The van der Waals surface area contributed by atoms with Gasteiger partial charge in [-0.3, -0.25) is 4.79 Å². The number of hydrogen-bond donors (Lipinski definition) is 2. The zero-order valence-electron chi connectivity index (χ0n) is 12.8.